The van der Waals surface area contributed by atoms with Gasteiger partial charge in [-0.3, -0.25) is 4.90 Å². The number of aryl methyl sites for hydroxylation is 1. The van der Waals surface area contributed by atoms with Gasteiger partial charge in [-0.2, -0.15) is 11.8 Å². The zero-order valence-electron chi connectivity index (χ0n) is 9.27. The lowest BCUT2D eigenvalue weighted by Gasteiger charge is -2.35. The molecule has 1 aliphatic rings. The van der Waals surface area contributed by atoms with Crippen LogP contribution in [0.25, 0.3) is 0 Å². The summed E-state index contributed by atoms with van der Waals surface area (Å²) >= 11 is 3.81. The molecule has 4 heteroatoms. The molecule has 0 spiro atoms. The standard InChI is InChI=1S/C11H18N2S2/c1-8-5-9(6-15-8)11(12)10-7-14-4-3-13(10)2/h5-6,10-11H,3-4,7,12H2,1-2H3. The quantitative estimate of drug-likeness (QED) is 0.861. The number of thioether (sulfide) groups is 1. The summed E-state index contributed by atoms with van der Waals surface area (Å²) in [7, 11) is 2.18. The Morgan fingerprint density at radius 2 is 2.40 bits per heavy atom. The van der Waals surface area contributed by atoms with Crippen molar-refractivity contribution in [2.24, 2.45) is 5.73 Å². The Kier molecular flexibility index (Phi) is 3.72. The molecule has 2 heterocycles. The van der Waals surface area contributed by atoms with Crippen LogP contribution in [-0.4, -0.2) is 36.0 Å². The summed E-state index contributed by atoms with van der Waals surface area (Å²) in [6.45, 7) is 3.30. The van der Waals surface area contributed by atoms with E-state index in [-0.39, 0.29) is 6.04 Å². The molecular weight excluding hydrogens is 224 g/mol. The summed E-state index contributed by atoms with van der Waals surface area (Å²) in [5, 5.41) is 2.20. The molecule has 1 aliphatic heterocycles. The van der Waals surface area contributed by atoms with Crippen LogP contribution >= 0.6 is 23.1 Å². The van der Waals surface area contributed by atoms with Gasteiger partial charge in [0.15, 0.2) is 0 Å². The molecule has 1 fully saturated rings. The second-order valence-corrected chi connectivity index (χ2v) is 6.40. The Morgan fingerprint density at radius 1 is 1.60 bits per heavy atom. The monoisotopic (exact) mass is 242 g/mol. The highest BCUT2D eigenvalue weighted by Gasteiger charge is 2.26. The second-order valence-electron chi connectivity index (χ2n) is 4.14. The molecule has 1 saturated heterocycles. The number of nitrogens with two attached hydrogens (primary N) is 1. The van der Waals surface area contributed by atoms with E-state index in [1.54, 1.807) is 11.3 Å². The minimum absolute atomic E-state index is 0.174. The number of hydrogen-bond donors (Lipinski definition) is 1. The molecule has 2 rings (SSSR count). The third kappa shape index (κ3) is 2.56. The molecule has 0 bridgehead atoms. The van der Waals surface area contributed by atoms with Gasteiger partial charge in [0.05, 0.1) is 0 Å². The van der Waals surface area contributed by atoms with Crippen LogP contribution < -0.4 is 5.73 Å². The van der Waals surface area contributed by atoms with Gasteiger partial charge in [-0.05, 0) is 31.0 Å². The van der Waals surface area contributed by atoms with E-state index in [1.807, 2.05) is 11.8 Å². The van der Waals surface area contributed by atoms with Gasteiger partial charge in [-0.1, -0.05) is 0 Å². The van der Waals surface area contributed by atoms with Crippen LogP contribution in [-0.2, 0) is 0 Å². The van der Waals surface area contributed by atoms with Gasteiger partial charge in [-0.15, -0.1) is 11.3 Å². The molecule has 2 unspecified atom stereocenters. The molecule has 0 amide bonds. The highest BCUT2D eigenvalue weighted by molar-refractivity contribution is 7.99. The summed E-state index contributed by atoms with van der Waals surface area (Å²) < 4.78 is 0. The van der Waals surface area contributed by atoms with Crippen LogP contribution in [0.4, 0.5) is 0 Å². The topological polar surface area (TPSA) is 29.3 Å². The van der Waals surface area contributed by atoms with Crippen LogP contribution in [0, 0.1) is 6.92 Å². The van der Waals surface area contributed by atoms with Gasteiger partial charge in [-0.25, -0.2) is 0 Å². The molecule has 2 atom stereocenters. The fourth-order valence-corrected chi connectivity index (χ4v) is 3.98. The first-order valence-corrected chi connectivity index (χ1v) is 7.30. The molecule has 0 aromatic carbocycles. The van der Waals surface area contributed by atoms with Crippen molar-refractivity contribution in [3.63, 3.8) is 0 Å². The van der Waals surface area contributed by atoms with Gasteiger partial charge >= 0.3 is 0 Å². The van der Waals surface area contributed by atoms with Crippen molar-refractivity contribution in [3.05, 3.63) is 21.9 Å². The molecule has 0 aliphatic carbocycles. The predicted octanol–water partition coefficient (Wildman–Crippen LogP) is 2.10. The van der Waals surface area contributed by atoms with Gasteiger partial charge in [0.1, 0.15) is 0 Å². The van der Waals surface area contributed by atoms with Crippen molar-refractivity contribution in [1.29, 1.82) is 0 Å². The first-order valence-electron chi connectivity index (χ1n) is 5.27. The Labute approximate surface area is 99.8 Å². The average Bonchev–Trinajstić information content (AvgIpc) is 2.65. The number of likely N-dealkylation sites (N-methyl/N-ethyl adjacent to an activating group) is 1. The SMILES string of the molecule is Cc1cc(C(N)C2CSCCN2C)cs1. The number of rotatable bonds is 2. The van der Waals surface area contributed by atoms with Crippen LogP contribution in [0.5, 0.6) is 0 Å². The maximum absolute atomic E-state index is 6.33. The Hall–Kier alpha value is -0.0300. The third-order valence-corrected chi connectivity index (χ3v) is 4.92. The number of hydrogen-bond acceptors (Lipinski definition) is 4. The summed E-state index contributed by atoms with van der Waals surface area (Å²) in [5.74, 6) is 2.40. The molecule has 0 radical (unpaired) electrons. The van der Waals surface area contributed by atoms with Crippen LogP contribution in [0.3, 0.4) is 0 Å². The van der Waals surface area contributed by atoms with E-state index in [4.69, 9.17) is 5.73 Å². The smallest absolute Gasteiger partial charge is 0.0469 e. The minimum atomic E-state index is 0.174. The first kappa shape index (κ1) is 11.5. The normalized spacial score (nSPS) is 25.4. The third-order valence-electron chi connectivity index (χ3n) is 2.99. The Balaban J connectivity index is 2.09. The van der Waals surface area contributed by atoms with E-state index < -0.39 is 0 Å². The van der Waals surface area contributed by atoms with Gasteiger partial charge in [0.25, 0.3) is 0 Å². The van der Waals surface area contributed by atoms with E-state index in [9.17, 15) is 0 Å². The lowest BCUT2D eigenvalue weighted by atomic mass is 10.0. The van der Waals surface area contributed by atoms with Crippen LogP contribution in [0.15, 0.2) is 11.4 Å². The highest BCUT2D eigenvalue weighted by Crippen LogP contribution is 2.27. The van der Waals surface area contributed by atoms with Crippen molar-refractivity contribution in [1.82, 2.24) is 4.90 Å². The summed E-state index contributed by atoms with van der Waals surface area (Å²) in [5.41, 5.74) is 7.63. The Bertz CT molecular complexity index is 324. The van der Waals surface area contributed by atoms with E-state index in [0.29, 0.717) is 6.04 Å². The zero-order valence-corrected chi connectivity index (χ0v) is 10.9. The molecule has 2 nitrogen and oxygen atoms in total. The Morgan fingerprint density at radius 3 is 3.00 bits per heavy atom. The molecule has 2 N–H and O–H groups in total. The fourth-order valence-electron chi connectivity index (χ4n) is 1.94. The number of nitrogens with zero attached hydrogens (tertiary/aromatic N) is 1. The van der Waals surface area contributed by atoms with Crippen molar-refractivity contribution >= 4 is 23.1 Å². The van der Waals surface area contributed by atoms with Crippen molar-refractivity contribution < 1.29 is 0 Å². The molecule has 84 valence electrons. The van der Waals surface area contributed by atoms with Gasteiger partial charge in [0, 0.05) is 35.0 Å². The van der Waals surface area contributed by atoms with Gasteiger partial charge in [0.2, 0.25) is 0 Å². The lowest BCUT2D eigenvalue weighted by molar-refractivity contribution is 0.237. The summed E-state index contributed by atoms with van der Waals surface area (Å²) in [6, 6.07) is 2.90. The zero-order chi connectivity index (χ0) is 10.8. The maximum Gasteiger partial charge on any atom is 0.0469 e. The molecule has 1 aromatic rings. The van der Waals surface area contributed by atoms with Gasteiger partial charge < -0.3 is 5.73 Å². The molecular formula is C11H18N2S2. The summed E-state index contributed by atoms with van der Waals surface area (Å²) in [4.78, 5) is 3.75. The van der Waals surface area contributed by atoms with E-state index in [1.165, 1.54) is 16.2 Å². The van der Waals surface area contributed by atoms with Crippen molar-refractivity contribution in [2.45, 2.75) is 19.0 Å². The van der Waals surface area contributed by atoms with Crippen molar-refractivity contribution in [2.75, 3.05) is 25.1 Å². The van der Waals surface area contributed by atoms with Crippen LogP contribution in [0.2, 0.25) is 0 Å². The molecule has 15 heavy (non-hydrogen) atoms. The van der Waals surface area contributed by atoms with E-state index in [2.05, 4.69) is 30.3 Å². The van der Waals surface area contributed by atoms with E-state index >= 15 is 0 Å². The van der Waals surface area contributed by atoms with Crippen LogP contribution in [0.1, 0.15) is 16.5 Å². The lowest BCUT2D eigenvalue weighted by Crippen LogP contribution is -2.46. The fraction of sp³-hybridized carbons (Fsp3) is 0.636. The largest absolute Gasteiger partial charge is 0.323 e. The predicted molar refractivity (Wildman–Crippen MR) is 69.7 cm³/mol. The average molecular weight is 242 g/mol. The summed E-state index contributed by atoms with van der Waals surface area (Å²) in [6.07, 6.45) is 0. The number of thiophene rings is 1. The maximum atomic E-state index is 6.33. The van der Waals surface area contributed by atoms with Crippen molar-refractivity contribution in [3.8, 4) is 0 Å². The molecule has 1 aromatic heterocycles. The van der Waals surface area contributed by atoms with E-state index in [0.717, 1.165) is 12.3 Å². The first-order chi connectivity index (χ1) is 7.18. The second kappa shape index (κ2) is 4.87. The molecule has 0 saturated carbocycles. The highest BCUT2D eigenvalue weighted by atomic mass is 32.2. The minimum Gasteiger partial charge on any atom is -0.323 e.